The number of halogens is 1. The van der Waals surface area contributed by atoms with E-state index in [4.69, 9.17) is 10.6 Å². The summed E-state index contributed by atoms with van der Waals surface area (Å²) in [5.41, 5.74) is 3.56. The lowest BCUT2D eigenvalue weighted by Crippen LogP contribution is -2.09. The summed E-state index contributed by atoms with van der Waals surface area (Å²) >= 11 is 0. The van der Waals surface area contributed by atoms with Crippen LogP contribution in [0.15, 0.2) is 36.7 Å². The number of anilines is 1. The van der Waals surface area contributed by atoms with Gasteiger partial charge in [-0.1, -0.05) is 18.2 Å². The normalized spacial score (nSPS) is 10.3. The zero-order valence-corrected chi connectivity index (χ0v) is 9.64. The first kappa shape index (κ1) is 12.4. The van der Waals surface area contributed by atoms with E-state index in [9.17, 15) is 4.39 Å². The van der Waals surface area contributed by atoms with Crippen LogP contribution in [0.2, 0.25) is 0 Å². The molecule has 1 heterocycles. The molecule has 0 saturated carbocycles. The van der Waals surface area contributed by atoms with Crippen molar-refractivity contribution in [3.63, 3.8) is 0 Å². The van der Waals surface area contributed by atoms with Gasteiger partial charge in [0.15, 0.2) is 5.82 Å². The van der Waals surface area contributed by atoms with E-state index in [1.165, 1.54) is 12.3 Å². The second-order valence-corrected chi connectivity index (χ2v) is 3.62. The highest BCUT2D eigenvalue weighted by atomic mass is 19.1. The molecule has 0 fully saturated rings. The van der Waals surface area contributed by atoms with E-state index in [1.807, 2.05) is 0 Å². The Kier molecular flexibility index (Phi) is 4.16. The van der Waals surface area contributed by atoms with Crippen LogP contribution in [0.3, 0.4) is 0 Å². The minimum absolute atomic E-state index is 0.200. The molecular formula is C12H13FN4O. The summed E-state index contributed by atoms with van der Waals surface area (Å²) in [6.07, 6.45) is 3.05. The molecule has 2 aromatic rings. The van der Waals surface area contributed by atoms with Crippen LogP contribution in [0, 0.1) is 5.82 Å². The van der Waals surface area contributed by atoms with E-state index in [0.717, 1.165) is 0 Å². The summed E-state index contributed by atoms with van der Waals surface area (Å²) in [5, 5.41) is 0. The highest BCUT2D eigenvalue weighted by Gasteiger charge is 2.01. The molecule has 94 valence electrons. The second kappa shape index (κ2) is 6.04. The van der Waals surface area contributed by atoms with E-state index in [1.54, 1.807) is 24.4 Å². The first-order valence-electron chi connectivity index (χ1n) is 5.38. The fourth-order valence-corrected chi connectivity index (χ4v) is 1.38. The molecule has 1 aromatic carbocycles. The molecule has 0 amide bonds. The second-order valence-electron chi connectivity index (χ2n) is 3.62. The minimum atomic E-state index is -0.272. The maximum atomic E-state index is 13.3. The number of nitrogens with zero attached hydrogens (tertiary/aromatic N) is 2. The predicted octanol–water partition coefficient (Wildman–Crippen LogP) is 1.62. The maximum Gasteiger partial charge on any atom is 0.158 e. The number of hydrogen-bond acceptors (Lipinski definition) is 5. The fourth-order valence-electron chi connectivity index (χ4n) is 1.38. The number of nitrogens with one attached hydrogen (secondary N) is 1. The molecule has 0 saturated heterocycles. The van der Waals surface area contributed by atoms with Crippen molar-refractivity contribution in [3.8, 4) is 0 Å². The zero-order chi connectivity index (χ0) is 12.8. The zero-order valence-electron chi connectivity index (χ0n) is 9.64. The van der Waals surface area contributed by atoms with Crippen molar-refractivity contribution in [1.82, 2.24) is 9.97 Å². The van der Waals surface area contributed by atoms with Crippen molar-refractivity contribution < 1.29 is 9.13 Å². The van der Waals surface area contributed by atoms with E-state index in [0.29, 0.717) is 17.1 Å². The Morgan fingerprint density at radius 1 is 1.17 bits per heavy atom. The van der Waals surface area contributed by atoms with Gasteiger partial charge in [-0.3, -0.25) is 4.98 Å². The van der Waals surface area contributed by atoms with Gasteiger partial charge in [-0.15, -0.1) is 0 Å². The van der Waals surface area contributed by atoms with Crippen molar-refractivity contribution in [2.45, 2.75) is 13.2 Å². The molecule has 0 radical (unpaired) electrons. The van der Waals surface area contributed by atoms with Crippen molar-refractivity contribution in [1.29, 1.82) is 0 Å². The summed E-state index contributed by atoms with van der Waals surface area (Å²) in [6, 6.07) is 6.49. The highest BCUT2D eigenvalue weighted by Crippen LogP contribution is 2.09. The lowest BCUT2D eigenvalue weighted by Gasteiger charge is -2.05. The predicted molar refractivity (Wildman–Crippen MR) is 64.7 cm³/mol. The average Bonchev–Trinajstić information content (AvgIpc) is 2.42. The molecule has 0 atom stereocenters. The summed E-state index contributed by atoms with van der Waals surface area (Å²) in [6.45, 7) is 0.470. The van der Waals surface area contributed by atoms with E-state index >= 15 is 0 Å². The standard InChI is InChI=1S/C12H13FN4O/c13-11-4-2-1-3-9(11)7-18-8-10-5-16-12(17-14)6-15-10/h1-6H,7-8,14H2,(H,16,17). The van der Waals surface area contributed by atoms with E-state index in [-0.39, 0.29) is 19.0 Å². The number of ether oxygens (including phenoxy) is 1. The topological polar surface area (TPSA) is 73.1 Å². The summed E-state index contributed by atoms with van der Waals surface area (Å²) in [5.74, 6) is 5.37. The Bertz CT molecular complexity index is 504. The molecule has 3 N–H and O–H groups in total. The van der Waals surface area contributed by atoms with E-state index < -0.39 is 0 Å². The van der Waals surface area contributed by atoms with Gasteiger partial charge in [-0.25, -0.2) is 15.2 Å². The Balaban J connectivity index is 1.86. The molecule has 0 unspecified atom stereocenters. The number of rotatable bonds is 5. The Labute approximate surface area is 104 Å². The third-order valence-corrected chi connectivity index (χ3v) is 2.32. The van der Waals surface area contributed by atoms with Crippen LogP contribution < -0.4 is 11.3 Å². The van der Waals surface area contributed by atoms with Crippen LogP contribution >= 0.6 is 0 Å². The number of aromatic nitrogens is 2. The Hall–Kier alpha value is -2.05. The molecule has 0 bridgehead atoms. The average molecular weight is 248 g/mol. The fraction of sp³-hybridized carbons (Fsp3) is 0.167. The minimum Gasteiger partial charge on any atom is -0.370 e. The Morgan fingerprint density at radius 3 is 2.67 bits per heavy atom. The van der Waals surface area contributed by atoms with Crippen molar-refractivity contribution >= 4 is 5.82 Å². The van der Waals surface area contributed by atoms with Gasteiger partial charge in [-0.2, -0.15) is 0 Å². The van der Waals surface area contributed by atoms with Crippen LogP contribution in [0.25, 0.3) is 0 Å². The van der Waals surface area contributed by atoms with Gasteiger partial charge in [0.05, 0.1) is 31.3 Å². The van der Waals surface area contributed by atoms with Gasteiger partial charge in [0.25, 0.3) is 0 Å². The van der Waals surface area contributed by atoms with Gasteiger partial charge >= 0.3 is 0 Å². The number of hydrogen-bond donors (Lipinski definition) is 2. The molecular weight excluding hydrogens is 235 g/mol. The monoisotopic (exact) mass is 248 g/mol. The van der Waals surface area contributed by atoms with Crippen molar-refractivity contribution in [3.05, 3.63) is 53.7 Å². The summed E-state index contributed by atoms with van der Waals surface area (Å²) in [7, 11) is 0. The molecule has 0 aliphatic heterocycles. The maximum absolute atomic E-state index is 13.3. The first-order valence-corrected chi connectivity index (χ1v) is 5.38. The number of nitrogen functional groups attached to an aromatic ring is 1. The summed E-state index contributed by atoms with van der Waals surface area (Å²) in [4.78, 5) is 8.07. The lowest BCUT2D eigenvalue weighted by molar-refractivity contribution is 0.102. The van der Waals surface area contributed by atoms with Crippen molar-refractivity contribution in [2.24, 2.45) is 5.84 Å². The largest absolute Gasteiger partial charge is 0.370 e. The SMILES string of the molecule is NNc1cnc(COCc2ccccc2F)cn1. The van der Waals surface area contributed by atoms with Crippen LogP contribution in [0.4, 0.5) is 10.2 Å². The van der Waals surface area contributed by atoms with Gasteiger partial charge < -0.3 is 10.2 Å². The van der Waals surface area contributed by atoms with Crippen molar-refractivity contribution in [2.75, 3.05) is 5.43 Å². The van der Waals surface area contributed by atoms with E-state index in [2.05, 4.69) is 15.4 Å². The molecule has 1 aromatic heterocycles. The van der Waals surface area contributed by atoms with Crippen LogP contribution in [-0.2, 0) is 18.0 Å². The molecule has 0 aliphatic carbocycles. The summed E-state index contributed by atoms with van der Waals surface area (Å²) < 4.78 is 18.6. The smallest absolute Gasteiger partial charge is 0.158 e. The number of benzene rings is 1. The van der Waals surface area contributed by atoms with Crippen LogP contribution in [-0.4, -0.2) is 9.97 Å². The number of hydrazine groups is 1. The molecule has 2 rings (SSSR count). The van der Waals surface area contributed by atoms with Gasteiger partial charge in [-0.05, 0) is 6.07 Å². The molecule has 5 nitrogen and oxygen atoms in total. The quantitative estimate of drug-likeness (QED) is 0.621. The highest BCUT2D eigenvalue weighted by molar-refractivity contribution is 5.28. The first-order chi connectivity index (χ1) is 8.79. The Morgan fingerprint density at radius 2 is 2.00 bits per heavy atom. The lowest BCUT2D eigenvalue weighted by atomic mass is 10.2. The molecule has 0 spiro atoms. The number of nitrogens with two attached hydrogens (primary N) is 1. The van der Waals surface area contributed by atoms with Crippen LogP contribution in [0.1, 0.15) is 11.3 Å². The molecule has 6 heteroatoms. The van der Waals surface area contributed by atoms with Gasteiger partial charge in [0.2, 0.25) is 0 Å². The van der Waals surface area contributed by atoms with Crippen LogP contribution in [0.5, 0.6) is 0 Å². The molecule has 18 heavy (non-hydrogen) atoms. The van der Waals surface area contributed by atoms with Gasteiger partial charge in [0, 0.05) is 5.56 Å². The third-order valence-electron chi connectivity index (χ3n) is 2.32. The molecule has 0 aliphatic rings. The van der Waals surface area contributed by atoms with Gasteiger partial charge in [0.1, 0.15) is 5.82 Å². The third kappa shape index (κ3) is 3.22.